The Labute approximate surface area is 104 Å². The maximum absolute atomic E-state index is 5.93. The lowest BCUT2D eigenvalue weighted by Gasteiger charge is -2.36. The number of nitrogens with zero attached hydrogens (tertiary/aromatic N) is 1. The van der Waals surface area contributed by atoms with Gasteiger partial charge in [-0.2, -0.15) is 0 Å². The van der Waals surface area contributed by atoms with Gasteiger partial charge < -0.3 is 9.64 Å². The molecule has 2 heteroatoms. The third-order valence-electron chi connectivity index (χ3n) is 3.23. The van der Waals surface area contributed by atoms with Gasteiger partial charge >= 0.3 is 0 Å². The molecule has 1 aromatic carbocycles. The van der Waals surface area contributed by atoms with Gasteiger partial charge in [0, 0.05) is 5.54 Å². The summed E-state index contributed by atoms with van der Waals surface area (Å²) in [4.78, 5) is 2.25. The first kappa shape index (κ1) is 12.0. The fourth-order valence-corrected chi connectivity index (χ4v) is 2.64. The van der Waals surface area contributed by atoms with Crippen molar-refractivity contribution in [2.45, 2.75) is 45.4 Å². The van der Waals surface area contributed by atoms with E-state index in [1.807, 2.05) is 18.2 Å². The largest absolute Gasteiger partial charge is 0.469 e. The SMILES string of the molecule is C=C1O[C@@H](c2ccccc2)[C@@H](C)N1C(C)(C)C. The smallest absolute Gasteiger partial charge is 0.183 e. The zero-order valence-corrected chi connectivity index (χ0v) is 11.1. The van der Waals surface area contributed by atoms with Gasteiger partial charge in [0.2, 0.25) is 0 Å². The molecule has 2 rings (SSSR count). The second-order valence-electron chi connectivity index (χ2n) is 5.62. The molecule has 2 atom stereocenters. The molecular formula is C15H21NO. The first-order valence-corrected chi connectivity index (χ1v) is 6.11. The second kappa shape index (κ2) is 4.10. The zero-order chi connectivity index (χ0) is 12.6. The Morgan fingerprint density at radius 1 is 1.18 bits per heavy atom. The monoisotopic (exact) mass is 231 g/mol. The van der Waals surface area contributed by atoms with Crippen molar-refractivity contribution in [3.63, 3.8) is 0 Å². The molecule has 1 fully saturated rings. The topological polar surface area (TPSA) is 12.5 Å². The molecule has 0 amide bonds. The van der Waals surface area contributed by atoms with Gasteiger partial charge in [-0.15, -0.1) is 0 Å². The molecule has 17 heavy (non-hydrogen) atoms. The van der Waals surface area contributed by atoms with E-state index in [0.717, 1.165) is 5.88 Å². The molecular weight excluding hydrogens is 210 g/mol. The van der Waals surface area contributed by atoms with Crippen molar-refractivity contribution in [2.75, 3.05) is 0 Å². The van der Waals surface area contributed by atoms with E-state index in [4.69, 9.17) is 4.74 Å². The van der Waals surface area contributed by atoms with Crippen molar-refractivity contribution in [2.24, 2.45) is 0 Å². The average molecular weight is 231 g/mol. The van der Waals surface area contributed by atoms with Crippen molar-refractivity contribution >= 4 is 0 Å². The van der Waals surface area contributed by atoms with Crippen LogP contribution in [-0.2, 0) is 4.74 Å². The molecule has 0 aliphatic carbocycles. The van der Waals surface area contributed by atoms with Crippen LogP contribution in [0.15, 0.2) is 42.8 Å². The summed E-state index contributed by atoms with van der Waals surface area (Å²) < 4.78 is 5.93. The highest BCUT2D eigenvalue weighted by atomic mass is 16.5. The summed E-state index contributed by atoms with van der Waals surface area (Å²) in [5.41, 5.74) is 1.26. The van der Waals surface area contributed by atoms with Crippen LogP contribution in [0.1, 0.15) is 39.4 Å². The standard InChI is InChI=1S/C15H21NO/c1-11-14(13-9-7-6-8-10-13)17-12(2)16(11)15(3,4)5/h6-11,14H,2H2,1,3-5H3/t11-,14-/m1/s1. The van der Waals surface area contributed by atoms with Gasteiger partial charge in [-0.25, -0.2) is 0 Å². The van der Waals surface area contributed by atoms with Crippen LogP contribution >= 0.6 is 0 Å². The molecule has 0 unspecified atom stereocenters. The van der Waals surface area contributed by atoms with Gasteiger partial charge in [0.25, 0.3) is 0 Å². The van der Waals surface area contributed by atoms with Crippen LogP contribution in [-0.4, -0.2) is 16.5 Å². The fourth-order valence-electron chi connectivity index (χ4n) is 2.64. The Bertz CT molecular complexity index is 405. The molecule has 0 aromatic heterocycles. The minimum absolute atomic E-state index is 0.0417. The summed E-state index contributed by atoms with van der Waals surface area (Å²) in [6, 6.07) is 10.7. The Kier molecular flexibility index (Phi) is 2.90. The fraction of sp³-hybridized carbons (Fsp3) is 0.467. The van der Waals surface area contributed by atoms with Gasteiger partial charge in [0.15, 0.2) is 5.88 Å². The van der Waals surface area contributed by atoms with Crippen molar-refractivity contribution in [3.8, 4) is 0 Å². The Balaban J connectivity index is 2.28. The summed E-state index contributed by atoms with van der Waals surface area (Å²) in [5.74, 6) is 0.777. The summed E-state index contributed by atoms with van der Waals surface area (Å²) >= 11 is 0. The minimum atomic E-state index is 0.0417. The van der Waals surface area contributed by atoms with E-state index in [1.165, 1.54) is 5.56 Å². The van der Waals surface area contributed by atoms with Crippen molar-refractivity contribution < 1.29 is 4.74 Å². The molecule has 0 saturated carbocycles. The molecule has 1 aliphatic heterocycles. The van der Waals surface area contributed by atoms with Gasteiger partial charge in [-0.3, -0.25) is 0 Å². The molecule has 1 heterocycles. The van der Waals surface area contributed by atoms with Gasteiger partial charge in [0.1, 0.15) is 6.10 Å². The molecule has 1 aliphatic rings. The zero-order valence-electron chi connectivity index (χ0n) is 11.1. The molecule has 0 spiro atoms. The molecule has 2 nitrogen and oxygen atoms in total. The highest BCUT2D eigenvalue weighted by molar-refractivity contribution is 5.22. The van der Waals surface area contributed by atoms with Gasteiger partial charge in [-0.05, 0) is 39.8 Å². The van der Waals surface area contributed by atoms with Crippen LogP contribution in [0.3, 0.4) is 0 Å². The van der Waals surface area contributed by atoms with Gasteiger partial charge in [0.05, 0.1) is 6.04 Å². The Hall–Kier alpha value is -1.44. The highest BCUT2D eigenvalue weighted by Crippen LogP contribution is 2.40. The van der Waals surface area contributed by atoms with E-state index in [2.05, 4.69) is 51.3 Å². The minimum Gasteiger partial charge on any atom is -0.469 e. The van der Waals surface area contributed by atoms with E-state index in [1.54, 1.807) is 0 Å². The lowest BCUT2D eigenvalue weighted by molar-refractivity contribution is 0.143. The first-order chi connectivity index (χ1) is 7.91. The summed E-state index contributed by atoms with van der Waals surface area (Å²) in [6.07, 6.45) is 0.0860. The molecule has 0 radical (unpaired) electrons. The van der Waals surface area contributed by atoms with Crippen LogP contribution in [0.4, 0.5) is 0 Å². The summed E-state index contributed by atoms with van der Waals surface area (Å²) in [5, 5.41) is 0. The quantitative estimate of drug-likeness (QED) is 0.730. The van der Waals surface area contributed by atoms with E-state index in [-0.39, 0.29) is 11.6 Å². The highest BCUT2D eigenvalue weighted by Gasteiger charge is 2.41. The Morgan fingerprint density at radius 2 is 1.76 bits per heavy atom. The number of rotatable bonds is 1. The van der Waals surface area contributed by atoms with E-state index < -0.39 is 0 Å². The Morgan fingerprint density at radius 3 is 2.24 bits per heavy atom. The number of ether oxygens (including phenoxy) is 1. The third kappa shape index (κ3) is 2.17. The van der Waals surface area contributed by atoms with Crippen LogP contribution in [0, 0.1) is 0 Å². The molecule has 0 bridgehead atoms. The molecule has 1 aromatic rings. The van der Waals surface area contributed by atoms with Gasteiger partial charge in [-0.1, -0.05) is 30.3 Å². The maximum Gasteiger partial charge on any atom is 0.183 e. The molecule has 1 saturated heterocycles. The van der Waals surface area contributed by atoms with Crippen LogP contribution in [0.5, 0.6) is 0 Å². The number of hydrogen-bond donors (Lipinski definition) is 0. The van der Waals surface area contributed by atoms with E-state index >= 15 is 0 Å². The maximum atomic E-state index is 5.93. The predicted molar refractivity (Wildman–Crippen MR) is 70.5 cm³/mol. The van der Waals surface area contributed by atoms with Crippen molar-refractivity contribution in [1.82, 2.24) is 4.90 Å². The summed E-state index contributed by atoms with van der Waals surface area (Å²) in [6.45, 7) is 12.8. The average Bonchev–Trinajstić information content (AvgIpc) is 2.54. The lowest BCUT2D eigenvalue weighted by atomic mass is 9.99. The lowest BCUT2D eigenvalue weighted by Crippen LogP contribution is -2.43. The second-order valence-corrected chi connectivity index (χ2v) is 5.62. The van der Waals surface area contributed by atoms with Crippen LogP contribution in [0.2, 0.25) is 0 Å². The molecule has 0 N–H and O–H groups in total. The van der Waals surface area contributed by atoms with Crippen LogP contribution in [0.25, 0.3) is 0 Å². The molecule has 92 valence electrons. The van der Waals surface area contributed by atoms with Crippen LogP contribution < -0.4 is 0 Å². The number of hydrogen-bond acceptors (Lipinski definition) is 2. The van der Waals surface area contributed by atoms with Crippen molar-refractivity contribution in [1.29, 1.82) is 0 Å². The summed E-state index contributed by atoms with van der Waals surface area (Å²) in [7, 11) is 0. The number of benzene rings is 1. The van der Waals surface area contributed by atoms with E-state index in [0.29, 0.717) is 6.04 Å². The first-order valence-electron chi connectivity index (χ1n) is 6.11. The third-order valence-corrected chi connectivity index (χ3v) is 3.23. The normalized spacial score (nSPS) is 24.9. The van der Waals surface area contributed by atoms with Crippen molar-refractivity contribution in [3.05, 3.63) is 48.4 Å². The van der Waals surface area contributed by atoms with E-state index in [9.17, 15) is 0 Å². The predicted octanol–water partition coefficient (Wildman–Crippen LogP) is 3.72.